The van der Waals surface area contributed by atoms with Gasteiger partial charge in [-0.25, -0.2) is 0 Å². The summed E-state index contributed by atoms with van der Waals surface area (Å²) in [6.45, 7) is 30.6. The second-order valence-electron chi connectivity index (χ2n) is 35.7. The van der Waals surface area contributed by atoms with Gasteiger partial charge in [-0.3, -0.25) is 0 Å². The van der Waals surface area contributed by atoms with E-state index in [2.05, 4.69) is 309 Å². The predicted octanol–water partition coefficient (Wildman–Crippen LogP) is 27.5. The Labute approximate surface area is 618 Å². The van der Waals surface area contributed by atoms with E-state index >= 15 is 0 Å². The highest BCUT2D eigenvalue weighted by Crippen LogP contribution is 2.68. The fraction of sp³-hybridized carbons (Fsp3) is 0.360. The van der Waals surface area contributed by atoms with E-state index in [9.17, 15) is 0 Å². The minimum Gasteiger partial charge on any atom is -0.334 e. The number of rotatable bonds is 8. The Morgan fingerprint density at radius 2 is 0.433 bits per heavy atom. The van der Waals surface area contributed by atoms with Crippen LogP contribution in [-0.2, 0) is 21.7 Å². The molecule has 12 aromatic rings. The molecule has 104 heavy (non-hydrogen) atoms. The van der Waals surface area contributed by atoms with Crippen molar-refractivity contribution in [3.63, 3.8) is 0 Å². The Bertz CT molecular complexity index is 4880. The first-order valence-corrected chi connectivity index (χ1v) is 40.0. The normalized spacial score (nSPS) is 28.0. The number of fused-ring (bicyclic) bond motifs is 12. The molecule has 522 valence electrons. The van der Waals surface area contributed by atoms with Gasteiger partial charge >= 0.3 is 0 Å². The lowest BCUT2D eigenvalue weighted by Gasteiger charge is -2.50. The molecule has 8 aliphatic rings. The summed E-state index contributed by atoms with van der Waals surface area (Å²) in [5.74, 6) is 0. The molecule has 4 aliphatic heterocycles. The summed E-state index contributed by atoms with van der Waals surface area (Å²) in [4.78, 5) is 11.1. The van der Waals surface area contributed by atoms with Crippen molar-refractivity contribution in [2.24, 2.45) is 0 Å². The van der Waals surface area contributed by atoms with Gasteiger partial charge in [-0.1, -0.05) is 176 Å². The third-order valence-corrected chi connectivity index (χ3v) is 30.8. The highest BCUT2D eigenvalue weighted by atomic mass is 15.3. The summed E-state index contributed by atoms with van der Waals surface area (Å²) in [6, 6.07) is 82.5. The van der Waals surface area contributed by atoms with Gasteiger partial charge in [0.05, 0.1) is 22.2 Å². The van der Waals surface area contributed by atoms with Crippen molar-refractivity contribution in [1.29, 1.82) is 0 Å². The lowest BCUT2D eigenvalue weighted by Crippen LogP contribution is -2.54. The van der Waals surface area contributed by atoms with E-state index in [0.29, 0.717) is 0 Å². The molecule has 0 radical (unpaired) electrons. The third kappa shape index (κ3) is 8.22. The fourth-order valence-corrected chi connectivity index (χ4v) is 24.6. The van der Waals surface area contributed by atoms with Crippen molar-refractivity contribution in [3.05, 3.63) is 251 Å². The summed E-state index contributed by atoms with van der Waals surface area (Å²) in [5.41, 5.74) is 32.4. The van der Waals surface area contributed by atoms with Crippen LogP contribution in [0.15, 0.2) is 206 Å². The molecule has 0 N–H and O–H groups in total. The summed E-state index contributed by atoms with van der Waals surface area (Å²) in [7, 11) is 0. The van der Waals surface area contributed by atoms with Crippen molar-refractivity contribution in [3.8, 4) is 44.5 Å². The van der Waals surface area contributed by atoms with E-state index in [-0.39, 0.29) is 43.8 Å². The van der Waals surface area contributed by atoms with Gasteiger partial charge in [0, 0.05) is 67.2 Å². The number of para-hydroxylation sites is 4. The maximum absolute atomic E-state index is 2.79. The number of nitrogens with zero attached hydrogens (tertiary/aromatic N) is 4. The molecular formula is C100H102N4. The molecule has 0 bridgehead atoms. The van der Waals surface area contributed by atoms with Gasteiger partial charge in [-0.15, -0.1) is 0 Å². The first kappa shape index (κ1) is 64.5. The second-order valence-corrected chi connectivity index (χ2v) is 35.7. The van der Waals surface area contributed by atoms with Crippen LogP contribution < -0.4 is 19.6 Å². The predicted molar refractivity (Wildman–Crippen MR) is 442 cm³/mol. The monoisotopic (exact) mass is 1360 g/mol. The van der Waals surface area contributed by atoms with Crippen LogP contribution in [-0.4, -0.2) is 22.2 Å². The maximum Gasteiger partial charge on any atom is 0.0518 e. The smallest absolute Gasteiger partial charge is 0.0518 e. The van der Waals surface area contributed by atoms with Crippen molar-refractivity contribution in [1.82, 2.24) is 0 Å². The van der Waals surface area contributed by atoms with Crippen molar-refractivity contribution in [2.45, 2.75) is 230 Å². The van der Waals surface area contributed by atoms with Crippen LogP contribution >= 0.6 is 0 Å². The molecule has 0 aromatic heterocycles. The molecule has 0 amide bonds. The SMILES string of the molecule is Cc1cc(-c2cc(-c3cc(C)c4c(c3)C3(C)CCCCC3(C)N4c3ccccc3)c3ccc4c(-c5cc(C)c6c(c5)C5(C)CCCCC5(C)N6c5ccccc5)cc(-c5cc(C)c6c(c5)C5(C)CCCCC5(C)N6c5ccccc5)c5ccc2c3c54)cc2c1N(c1ccccc1)C1(C)CCCCC21C. The molecule has 4 heteroatoms. The average Bonchev–Trinajstić information content (AvgIpc) is 1.44. The van der Waals surface area contributed by atoms with Crippen LogP contribution in [0.4, 0.5) is 45.5 Å². The maximum atomic E-state index is 2.79. The number of anilines is 8. The number of benzene rings is 12. The molecule has 4 aliphatic carbocycles. The topological polar surface area (TPSA) is 13.0 Å². The van der Waals surface area contributed by atoms with E-state index in [0.717, 1.165) is 25.7 Å². The number of hydrogen-bond donors (Lipinski definition) is 0. The van der Waals surface area contributed by atoms with Crippen LogP contribution in [0.3, 0.4) is 0 Å². The van der Waals surface area contributed by atoms with E-state index in [4.69, 9.17) is 0 Å². The van der Waals surface area contributed by atoms with Crippen molar-refractivity contribution < 1.29 is 0 Å². The number of hydrogen-bond acceptors (Lipinski definition) is 4. The van der Waals surface area contributed by atoms with Gasteiger partial charge in [0.15, 0.2) is 0 Å². The largest absolute Gasteiger partial charge is 0.334 e. The zero-order chi connectivity index (χ0) is 71.0. The quantitative estimate of drug-likeness (QED) is 0.141. The molecular weight excluding hydrogens is 1260 g/mol. The Morgan fingerprint density at radius 3 is 0.644 bits per heavy atom. The molecule has 8 unspecified atom stereocenters. The first-order valence-electron chi connectivity index (χ1n) is 40.0. The Kier molecular flexibility index (Phi) is 13.8. The molecule has 8 atom stereocenters. The minimum atomic E-state index is -0.0796. The summed E-state index contributed by atoms with van der Waals surface area (Å²) < 4.78 is 0. The summed E-state index contributed by atoms with van der Waals surface area (Å²) in [6.07, 6.45) is 19.2. The van der Waals surface area contributed by atoms with Gasteiger partial charge < -0.3 is 19.6 Å². The third-order valence-electron chi connectivity index (χ3n) is 30.8. The van der Waals surface area contributed by atoms with Gasteiger partial charge in [-0.2, -0.15) is 0 Å². The Balaban J connectivity index is 0.899. The minimum absolute atomic E-state index is 0.0616. The van der Waals surface area contributed by atoms with Crippen LogP contribution in [0.1, 0.15) is 203 Å². The molecule has 4 fully saturated rings. The van der Waals surface area contributed by atoms with Gasteiger partial charge in [0.25, 0.3) is 0 Å². The van der Waals surface area contributed by atoms with Gasteiger partial charge in [0.1, 0.15) is 0 Å². The van der Waals surface area contributed by atoms with E-state index in [1.165, 1.54) is 244 Å². The lowest BCUT2D eigenvalue weighted by atomic mass is 9.61. The van der Waals surface area contributed by atoms with Gasteiger partial charge in [-0.05, 0) is 337 Å². The highest BCUT2D eigenvalue weighted by molar-refractivity contribution is 6.32. The Morgan fingerprint density at radius 1 is 0.231 bits per heavy atom. The summed E-state index contributed by atoms with van der Waals surface area (Å²) >= 11 is 0. The standard InChI is InChI=1S/C100H102N4/c1-63-53-67(57-83-89(63)101(71-33-17-13-18-34-71)97(9)49-29-25-45-93(83,97)5)79-61-80(68-54-64(2)90-84(58-68)94(6)46-26-30-50-98(94,10)102(90)72-35-19-14-20-36-72)76-43-44-78-82(70-56-66(4)92-86(60-70)96(8)48-28-32-52-100(96,12)104(92)74-39-23-16-24-40-74)62-81(77-42-41-75(79)87(76)88(77)78)69-55-65(3)91-85(59-69)95(7)47-27-31-51-99(95,11)103(91)73-37-21-15-22-38-73/h13-24,33-44,53-62H,25-32,45-52H2,1-12H3. The molecule has 12 aromatic carbocycles. The van der Waals surface area contributed by atoms with Crippen LogP contribution in [0.5, 0.6) is 0 Å². The van der Waals surface area contributed by atoms with Crippen LogP contribution in [0.25, 0.3) is 76.8 Å². The van der Waals surface area contributed by atoms with Gasteiger partial charge in [0.2, 0.25) is 0 Å². The van der Waals surface area contributed by atoms with E-state index in [1.54, 1.807) is 0 Å². The lowest BCUT2D eigenvalue weighted by molar-refractivity contribution is 0.195. The van der Waals surface area contributed by atoms with Crippen LogP contribution in [0.2, 0.25) is 0 Å². The molecule has 4 saturated carbocycles. The Hall–Kier alpha value is -9.12. The highest BCUT2D eigenvalue weighted by Gasteiger charge is 2.62. The molecule has 0 spiro atoms. The van der Waals surface area contributed by atoms with Crippen LogP contribution in [0, 0.1) is 27.7 Å². The summed E-state index contributed by atoms with van der Waals surface area (Å²) in [5, 5.41) is 8.10. The second kappa shape index (κ2) is 22.2. The molecule has 4 heterocycles. The van der Waals surface area contributed by atoms with E-state index < -0.39 is 0 Å². The van der Waals surface area contributed by atoms with Crippen molar-refractivity contribution in [2.75, 3.05) is 19.6 Å². The molecule has 4 nitrogen and oxygen atoms in total. The first-order chi connectivity index (χ1) is 50.2. The zero-order valence-electron chi connectivity index (χ0n) is 63.7. The zero-order valence-corrected chi connectivity index (χ0v) is 63.7. The average molecular weight is 1360 g/mol. The fourth-order valence-electron chi connectivity index (χ4n) is 24.6. The van der Waals surface area contributed by atoms with E-state index in [1.807, 2.05) is 0 Å². The molecule has 20 rings (SSSR count). The molecule has 0 saturated heterocycles. The number of aryl methyl sites for hydroxylation is 4. The van der Waals surface area contributed by atoms with Crippen molar-refractivity contribution >= 4 is 77.8 Å².